The highest BCUT2D eigenvalue weighted by Gasteiger charge is 2.08. The third kappa shape index (κ3) is 3.62. The van der Waals surface area contributed by atoms with Gasteiger partial charge < -0.3 is 14.6 Å². The first kappa shape index (κ1) is 15.1. The number of aryl methyl sites for hydroxylation is 2. The van der Waals surface area contributed by atoms with Crippen molar-refractivity contribution < 1.29 is 9.53 Å². The molecule has 0 bridgehead atoms. The number of aromatic nitrogens is 2. The number of methoxy groups -OCH3 is 1. The molecule has 112 valence electrons. The molecule has 0 amide bonds. The quantitative estimate of drug-likeness (QED) is 0.830. The molecule has 0 radical (unpaired) electrons. The van der Waals surface area contributed by atoms with Crippen molar-refractivity contribution in [3.05, 3.63) is 47.5 Å². The Hall–Kier alpha value is -2.30. The second-order valence-electron chi connectivity index (χ2n) is 4.95. The number of nitrogens with one attached hydrogen (secondary N) is 1. The van der Waals surface area contributed by atoms with E-state index >= 15 is 0 Å². The summed E-state index contributed by atoms with van der Waals surface area (Å²) >= 11 is 0. The number of hydrogen-bond donors (Lipinski definition) is 1. The first-order valence-electron chi connectivity index (χ1n) is 7.07. The summed E-state index contributed by atoms with van der Waals surface area (Å²) in [6, 6.07) is 5.51. The van der Waals surface area contributed by atoms with Crippen LogP contribution in [0.25, 0.3) is 0 Å². The van der Waals surface area contributed by atoms with Gasteiger partial charge in [-0.3, -0.25) is 0 Å². The van der Waals surface area contributed by atoms with Crippen molar-refractivity contribution in [1.29, 1.82) is 0 Å². The Morgan fingerprint density at radius 3 is 2.95 bits per heavy atom. The maximum Gasteiger partial charge on any atom is 0.337 e. The van der Waals surface area contributed by atoms with Crippen LogP contribution in [-0.4, -0.2) is 22.6 Å². The fraction of sp³-hybridized carbons (Fsp3) is 0.375. The molecule has 0 saturated heterocycles. The fourth-order valence-corrected chi connectivity index (χ4v) is 2.18. The van der Waals surface area contributed by atoms with Gasteiger partial charge >= 0.3 is 5.97 Å². The molecule has 0 aliphatic heterocycles. The molecule has 5 nitrogen and oxygen atoms in total. The van der Waals surface area contributed by atoms with E-state index in [1.165, 1.54) is 7.11 Å². The molecule has 0 fully saturated rings. The molecular weight excluding hydrogens is 266 g/mol. The highest BCUT2D eigenvalue weighted by atomic mass is 16.5. The van der Waals surface area contributed by atoms with Crippen LogP contribution in [0.15, 0.2) is 30.7 Å². The molecule has 21 heavy (non-hydrogen) atoms. The second-order valence-corrected chi connectivity index (χ2v) is 4.95. The summed E-state index contributed by atoms with van der Waals surface area (Å²) in [6.45, 7) is 5.78. The van der Waals surface area contributed by atoms with Crippen molar-refractivity contribution in [2.75, 3.05) is 12.4 Å². The zero-order valence-corrected chi connectivity index (χ0v) is 12.7. The molecule has 0 saturated carbocycles. The summed E-state index contributed by atoms with van der Waals surface area (Å²) in [7, 11) is 1.39. The largest absolute Gasteiger partial charge is 0.465 e. The number of rotatable bonds is 6. The summed E-state index contributed by atoms with van der Waals surface area (Å²) in [6.07, 6.45) is 4.78. The van der Waals surface area contributed by atoms with Gasteiger partial charge in [0.15, 0.2) is 0 Å². The average Bonchev–Trinajstić information content (AvgIpc) is 2.93. The van der Waals surface area contributed by atoms with Crippen molar-refractivity contribution in [3.63, 3.8) is 0 Å². The van der Waals surface area contributed by atoms with E-state index < -0.39 is 0 Å². The van der Waals surface area contributed by atoms with Crippen LogP contribution in [0.3, 0.4) is 0 Å². The Labute approximate surface area is 125 Å². The number of benzene rings is 1. The van der Waals surface area contributed by atoms with Crippen LogP contribution in [0.2, 0.25) is 0 Å². The Morgan fingerprint density at radius 1 is 1.43 bits per heavy atom. The average molecular weight is 287 g/mol. The summed E-state index contributed by atoms with van der Waals surface area (Å²) in [5.74, 6) is -0.325. The van der Waals surface area contributed by atoms with Crippen molar-refractivity contribution >= 4 is 11.7 Å². The van der Waals surface area contributed by atoms with Crippen LogP contribution in [-0.2, 0) is 17.8 Å². The third-order valence-corrected chi connectivity index (χ3v) is 3.38. The number of anilines is 1. The van der Waals surface area contributed by atoms with Crippen LogP contribution >= 0.6 is 0 Å². The summed E-state index contributed by atoms with van der Waals surface area (Å²) in [5.41, 5.74) is 3.69. The van der Waals surface area contributed by atoms with E-state index in [1.54, 1.807) is 6.07 Å². The number of carbonyl (C=O) groups is 1. The van der Waals surface area contributed by atoms with Crippen molar-refractivity contribution in [3.8, 4) is 0 Å². The molecule has 0 atom stereocenters. The van der Waals surface area contributed by atoms with E-state index in [9.17, 15) is 4.79 Å². The molecule has 1 N–H and O–H groups in total. The molecular formula is C16H21N3O2. The van der Waals surface area contributed by atoms with Gasteiger partial charge in [-0.05, 0) is 31.0 Å². The molecule has 1 aromatic carbocycles. The van der Waals surface area contributed by atoms with E-state index in [-0.39, 0.29) is 5.97 Å². The fourth-order valence-electron chi connectivity index (χ4n) is 2.18. The van der Waals surface area contributed by atoms with E-state index in [4.69, 9.17) is 4.74 Å². The standard InChI is InChI=1S/C16H21N3O2/c1-4-7-19-11-17-9-14(19)10-18-15-8-13(16(20)21-3)6-5-12(15)2/h5-6,8-9,11,18H,4,7,10H2,1-3H3. The zero-order chi connectivity index (χ0) is 15.2. The molecule has 0 aliphatic carbocycles. The van der Waals surface area contributed by atoms with Gasteiger partial charge in [0, 0.05) is 18.4 Å². The van der Waals surface area contributed by atoms with Gasteiger partial charge in [-0.25, -0.2) is 9.78 Å². The van der Waals surface area contributed by atoms with Gasteiger partial charge in [-0.1, -0.05) is 13.0 Å². The molecule has 0 unspecified atom stereocenters. The van der Waals surface area contributed by atoms with E-state index in [2.05, 4.69) is 21.8 Å². The minimum Gasteiger partial charge on any atom is -0.465 e. The molecule has 1 aromatic heterocycles. The lowest BCUT2D eigenvalue weighted by Crippen LogP contribution is -2.09. The Balaban J connectivity index is 2.12. The molecule has 2 rings (SSSR count). The summed E-state index contributed by atoms with van der Waals surface area (Å²) in [4.78, 5) is 15.8. The SMILES string of the molecule is CCCn1cncc1CNc1cc(C(=O)OC)ccc1C. The number of nitrogens with zero attached hydrogens (tertiary/aromatic N) is 2. The van der Waals surface area contributed by atoms with Crippen LogP contribution in [0.5, 0.6) is 0 Å². The number of imidazole rings is 1. The monoisotopic (exact) mass is 287 g/mol. The predicted molar refractivity (Wildman–Crippen MR) is 82.4 cm³/mol. The van der Waals surface area contributed by atoms with Crippen molar-refractivity contribution in [2.24, 2.45) is 0 Å². The molecule has 5 heteroatoms. The molecule has 2 aromatic rings. The van der Waals surface area contributed by atoms with Crippen LogP contribution in [0.4, 0.5) is 5.69 Å². The maximum absolute atomic E-state index is 11.6. The van der Waals surface area contributed by atoms with E-state index in [0.717, 1.165) is 29.9 Å². The van der Waals surface area contributed by atoms with Gasteiger partial charge in [-0.2, -0.15) is 0 Å². The molecule has 0 aliphatic rings. The lowest BCUT2D eigenvalue weighted by atomic mass is 10.1. The van der Waals surface area contributed by atoms with Crippen molar-refractivity contribution in [1.82, 2.24) is 9.55 Å². The zero-order valence-electron chi connectivity index (χ0n) is 12.7. The van der Waals surface area contributed by atoms with E-state index in [0.29, 0.717) is 12.1 Å². The maximum atomic E-state index is 11.6. The lowest BCUT2D eigenvalue weighted by molar-refractivity contribution is 0.0601. The minimum absolute atomic E-state index is 0.325. The van der Waals surface area contributed by atoms with Crippen LogP contribution in [0, 0.1) is 6.92 Å². The lowest BCUT2D eigenvalue weighted by Gasteiger charge is -2.12. The highest BCUT2D eigenvalue weighted by Crippen LogP contribution is 2.18. The number of esters is 1. The summed E-state index contributed by atoms with van der Waals surface area (Å²) in [5, 5.41) is 3.36. The first-order valence-corrected chi connectivity index (χ1v) is 7.07. The summed E-state index contributed by atoms with van der Waals surface area (Å²) < 4.78 is 6.88. The van der Waals surface area contributed by atoms with Gasteiger partial charge in [0.05, 0.1) is 31.2 Å². The van der Waals surface area contributed by atoms with Crippen LogP contribution < -0.4 is 5.32 Å². The van der Waals surface area contributed by atoms with Gasteiger partial charge in [0.2, 0.25) is 0 Å². The minimum atomic E-state index is -0.325. The van der Waals surface area contributed by atoms with Gasteiger partial charge in [0.25, 0.3) is 0 Å². The Kier molecular flexibility index (Phi) is 4.98. The first-order chi connectivity index (χ1) is 10.2. The number of carbonyl (C=O) groups excluding carboxylic acids is 1. The Morgan fingerprint density at radius 2 is 2.24 bits per heavy atom. The Bertz CT molecular complexity index is 620. The van der Waals surface area contributed by atoms with Crippen molar-refractivity contribution in [2.45, 2.75) is 33.4 Å². The third-order valence-electron chi connectivity index (χ3n) is 3.38. The predicted octanol–water partition coefficient (Wildman–Crippen LogP) is 3.00. The molecule has 1 heterocycles. The van der Waals surface area contributed by atoms with Gasteiger partial charge in [-0.15, -0.1) is 0 Å². The normalized spacial score (nSPS) is 10.4. The van der Waals surface area contributed by atoms with E-state index in [1.807, 2.05) is 31.6 Å². The second kappa shape index (κ2) is 6.92. The number of ether oxygens (including phenoxy) is 1. The number of hydrogen-bond acceptors (Lipinski definition) is 4. The van der Waals surface area contributed by atoms with Gasteiger partial charge in [0.1, 0.15) is 0 Å². The molecule has 0 spiro atoms. The topological polar surface area (TPSA) is 56.2 Å². The smallest absolute Gasteiger partial charge is 0.337 e. The van der Waals surface area contributed by atoms with Crippen LogP contribution in [0.1, 0.15) is 35.0 Å². The highest BCUT2D eigenvalue weighted by molar-refractivity contribution is 5.90.